The molecule has 0 atom stereocenters. The van der Waals surface area contributed by atoms with Gasteiger partial charge in [-0.1, -0.05) is 11.6 Å². The molecule has 0 unspecified atom stereocenters. The highest BCUT2D eigenvalue weighted by Gasteiger charge is 2.14. The molecule has 10 heteroatoms. The van der Waals surface area contributed by atoms with Crippen LogP contribution < -0.4 is 15.6 Å². The predicted octanol–water partition coefficient (Wildman–Crippen LogP) is 4.10. The van der Waals surface area contributed by atoms with Gasteiger partial charge in [0.15, 0.2) is 0 Å². The molecule has 0 spiro atoms. The van der Waals surface area contributed by atoms with E-state index in [2.05, 4.69) is 15.3 Å². The van der Waals surface area contributed by atoms with E-state index in [0.717, 1.165) is 0 Å². The molecule has 32 heavy (non-hydrogen) atoms. The molecule has 0 saturated carbocycles. The number of hydrogen-bond donors (Lipinski definition) is 1. The summed E-state index contributed by atoms with van der Waals surface area (Å²) in [6, 6.07) is 11.3. The zero-order valence-corrected chi connectivity index (χ0v) is 18.0. The molecule has 4 rings (SSSR count). The minimum atomic E-state index is -0.450. The van der Waals surface area contributed by atoms with E-state index in [9.17, 15) is 14.0 Å². The van der Waals surface area contributed by atoms with Gasteiger partial charge in [0.1, 0.15) is 24.5 Å². The lowest BCUT2D eigenvalue weighted by molar-refractivity contribution is 0.102. The molecule has 0 bridgehead atoms. The Kier molecular flexibility index (Phi) is 5.91. The number of rotatable bonds is 6. The van der Waals surface area contributed by atoms with E-state index in [1.807, 2.05) is 13.8 Å². The minimum absolute atomic E-state index is 0.0265. The van der Waals surface area contributed by atoms with E-state index < -0.39 is 11.7 Å². The van der Waals surface area contributed by atoms with Gasteiger partial charge in [-0.25, -0.2) is 9.37 Å². The number of amides is 1. The van der Waals surface area contributed by atoms with E-state index in [0.29, 0.717) is 22.2 Å². The first kappa shape index (κ1) is 21.5. The van der Waals surface area contributed by atoms with Crippen LogP contribution in [-0.2, 0) is 6.61 Å². The van der Waals surface area contributed by atoms with Crippen molar-refractivity contribution in [3.63, 3.8) is 0 Å². The van der Waals surface area contributed by atoms with E-state index in [-0.39, 0.29) is 29.5 Å². The fourth-order valence-corrected chi connectivity index (χ4v) is 3.26. The molecule has 0 aliphatic carbocycles. The van der Waals surface area contributed by atoms with Crippen molar-refractivity contribution < 1.29 is 13.9 Å². The second-order valence-electron chi connectivity index (χ2n) is 7.31. The molecule has 1 amide bonds. The second kappa shape index (κ2) is 8.80. The largest absolute Gasteiger partial charge is 0.485 e. The van der Waals surface area contributed by atoms with Gasteiger partial charge in [0.2, 0.25) is 0 Å². The Bertz CT molecular complexity index is 1350. The van der Waals surface area contributed by atoms with Crippen LogP contribution in [0.25, 0.3) is 5.78 Å². The number of anilines is 1. The van der Waals surface area contributed by atoms with Gasteiger partial charge in [-0.2, -0.15) is 9.50 Å². The van der Waals surface area contributed by atoms with E-state index in [1.165, 1.54) is 40.9 Å². The number of halogens is 2. The number of ether oxygens (including phenoxy) is 1. The van der Waals surface area contributed by atoms with Gasteiger partial charge in [0.25, 0.3) is 17.2 Å². The average Bonchev–Trinajstić information content (AvgIpc) is 3.18. The van der Waals surface area contributed by atoms with Crippen molar-refractivity contribution in [2.75, 3.05) is 5.32 Å². The molecule has 0 radical (unpaired) electrons. The zero-order valence-electron chi connectivity index (χ0n) is 17.3. The molecule has 1 N–H and O–H groups in total. The van der Waals surface area contributed by atoms with Crippen LogP contribution in [0, 0.1) is 5.82 Å². The Morgan fingerprint density at radius 2 is 1.94 bits per heavy atom. The maximum atomic E-state index is 13.1. The first-order valence-electron chi connectivity index (χ1n) is 9.77. The number of carbonyl (C=O) groups is 1. The van der Waals surface area contributed by atoms with Gasteiger partial charge in [-0.3, -0.25) is 14.3 Å². The Labute approximate surface area is 187 Å². The van der Waals surface area contributed by atoms with Crippen molar-refractivity contribution in [3.05, 3.63) is 87.3 Å². The summed E-state index contributed by atoms with van der Waals surface area (Å²) < 4.78 is 22.0. The number of fused-ring (bicyclic) bond motifs is 1. The molecule has 2 aromatic carbocycles. The Balaban J connectivity index is 1.55. The van der Waals surface area contributed by atoms with Crippen LogP contribution in [0.2, 0.25) is 5.02 Å². The number of aromatic nitrogens is 4. The maximum absolute atomic E-state index is 13.1. The lowest BCUT2D eigenvalue weighted by Crippen LogP contribution is -2.23. The van der Waals surface area contributed by atoms with Gasteiger partial charge >= 0.3 is 0 Å². The van der Waals surface area contributed by atoms with Crippen LogP contribution >= 0.6 is 11.6 Å². The topological polar surface area (TPSA) is 90.5 Å². The van der Waals surface area contributed by atoms with Crippen molar-refractivity contribution in [2.24, 2.45) is 0 Å². The van der Waals surface area contributed by atoms with Crippen LogP contribution in [0.5, 0.6) is 5.75 Å². The molecule has 0 saturated heterocycles. The Morgan fingerprint density at radius 3 is 2.66 bits per heavy atom. The van der Waals surface area contributed by atoms with E-state index in [1.54, 1.807) is 23.1 Å². The summed E-state index contributed by atoms with van der Waals surface area (Å²) in [5, 5.41) is 3.10. The molecular formula is C22H19ClFN5O3. The van der Waals surface area contributed by atoms with Crippen LogP contribution in [-0.4, -0.2) is 25.1 Å². The standard InChI is InChI=1S/C22H19ClFN5O3/c1-13(2)28-12-25-22-26-17(10-20(30)29(22)28)11-32-19-8-5-15(23)9-18(19)27-21(31)14-3-6-16(24)7-4-14/h3-10,12-13H,11H2,1-2H3,(H,27,31). The third kappa shape index (κ3) is 4.47. The summed E-state index contributed by atoms with van der Waals surface area (Å²) in [6.45, 7) is 3.85. The summed E-state index contributed by atoms with van der Waals surface area (Å²) in [7, 11) is 0. The average molecular weight is 456 g/mol. The third-order valence-electron chi connectivity index (χ3n) is 4.66. The first-order valence-corrected chi connectivity index (χ1v) is 10.1. The molecular weight excluding hydrogens is 437 g/mol. The molecule has 2 aromatic heterocycles. The van der Waals surface area contributed by atoms with Gasteiger partial charge < -0.3 is 10.1 Å². The SMILES string of the molecule is CC(C)n1cnc2nc(COc3ccc(Cl)cc3NC(=O)c3ccc(F)cc3)cc(=O)n21. The second-order valence-corrected chi connectivity index (χ2v) is 7.74. The maximum Gasteiger partial charge on any atom is 0.274 e. The van der Waals surface area contributed by atoms with Gasteiger partial charge in [-0.15, -0.1) is 0 Å². The summed E-state index contributed by atoms with van der Waals surface area (Å²) in [4.78, 5) is 33.6. The lowest BCUT2D eigenvalue weighted by Gasteiger charge is -2.13. The fraction of sp³-hybridized carbons (Fsp3) is 0.182. The zero-order chi connectivity index (χ0) is 22.8. The number of carbonyl (C=O) groups excluding carboxylic acids is 1. The van der Waals surface area contributed by atoms with Gasteiger partial charge in [0, 0.05) is 22.7 Å². The van der Waals surface area contributed by atoms with Crippen molar-refractivity contribution in [1.29, 1.82) is 0 Å². The van der Waals surface area contributed by atoms with Crippen LogP contribution in [0.3, 0.4) is 0 Å². The number of hydrogen-bond acceptors (Lipinski definition) is 5. The van der Waals surface area contributed by atoms with Crippen molar-refractivity contribution in [3.8, 4) is 5.75 Å². The van der Waals surface area contributed by atoms with Crippen molar-refractivity contribution >= 4 is 29.0 Å². The summed E-state index contributed by atoms with van der Waals surface area (Å²) in [5.41, 5.74) is 0.711. The normalized spacial score (nSPS) is 11.2. The summed E-state index contributed by atoms with van der Waals surface area (Å²) in [6.07, 6.45) is 1.56. The van der Waals surface area contributed by atoms with E-state index >= 15 is 0 Å². The quantitative estimate of drug-likeness (QED) is 0.472. The smallest absolute Gasteiger partial charge is 0.274 e. The molecule has 0 aliphatic rings. The minimum Gasteiger partial charge on any atom is -0.485 e. The molecule has 4 aromatic rings. The summed E-state index contributed by atoms with van der Waals surface area (Å²) in [5.74, 6) is -0.286. The molecule has 0 aliphatic heterocycles. The van der Waals surface area contributed by atoms with Crippen LogP contribution in [0.1, 0.15) is 35.9 Å². The molecule has 0 fully saturated rings. The monoisotopic (exact) mass is 455 g/mol. The van der Waals surface area contributed by atoms with Crippen LogP contribution in [0.4, 0.5) is 10.1 Å². The van der Waals surface area contributed by atoms with Gasteiger partial charge in [0.05, 0.1) is 11.4 Å². The van der Waals surface area contributed by atoms with Gasteiger partial charge in [-0.05, 0) is 56.3 Å². The highest BCUT2D eigenvalue weighted by Crippen LogP contribution is 2.29. The van der Waals surface area contributed by atoms with Crippen LogP contribution in [0.15, 0.2) is 59.7 Å². The van der Waals surface area contributed by atoms with Crippen molar-refractivity contribution in [2.45, 2.75) is 26.5 Å². The fourth-order valence-electron chi connectivity index (χ4n) is 3.08. The Hall–Kier alpha value is -3.72. The Morgan fingerprint density at radius 1 is 1.19 bits per heavy atom. The first-order chi connectivity index (χ1) is 15.3. The summed E-state index contributed by atoms with van der Waals surface area (Å²) >= 11 is 6.07. The number of benzene rings is 2. The molecule has 2 heterocycles. The number of nitrogens with one attached hydrogen (secondary N) is 1. The molecule has 164 valence electrons. The van der Waals surface area contributed by atoms with Crippen molar-refractivity contribution in [1.82, 2.24) is 19.2 Å². The van der Waals surface area contributed by atoms with E-state index in [4.69, 9.17) is 16.3 Å². The molecule has 8 nitrogen and oxygen atoms in total. The highest BCUT2D eigenvalue weighted by molar-refractivity contribution is 6.31. The highest BCUT2D eigenvalue weighted by atomic mass is 35.5. The predicted molar refractivity (Wildman–Crippen MR) is 118 cm³/mol. The lowest BCUT2D eigenvalue weighted by atomic mass is 10.2. The third-order valence-corrected chi connectivity index (χ3v) is 4.89. The number of nitrogens with zero attached hydrogens (tertiary/aromatic N) is 4.